The van der Waals surface area contributed by atoms with E-state index in [4.69, 9.17) is 4.74 Å². The van der Waals surface area contributed by atoms with Crippen LogP contribution in [0.1, 0.15) is 16.1 Å². The summed E-state index contributed by atoms with van der Waals surface area (Å²) in [4.78, 5) is 29.6. The van der Waals surface area contributed by atoms with Crippen LogP contribution in [-0.2, 0) is 0 Å². The van der Waals surface area contributed by atoms with Crippen LogP contribution in [0.15, 0.2) is 78.9 Å². The molecule has 0 atom stereocenters. The first-order valence-electron chi connectivity index (χ1n) is 12.6. The largest absolute Gasteiger partial charge is 0.497 e. The van der Waals surface area contributed by atoms with Crippen molar-refractivity contribution in [2.45, 2.75) is 6.92 Å². The van der Waals surface area contributed by atoms with Crippen molar-refractivity contribution < 1.29 is 23.1 Å². The fourth-order valence-corrected chi connectivity index (χ4v) is 4.79. The Labute approximate surface area is 225 Å². The van der Waals surface area contributed by atoms with E-state index in [9.17, 15) is 18.4 Å². The van der Waals surface area contributed by atoms with E-state index in [1.54, 1.807) is 16.9 Å². The molecule has 5 rings (SSSR count). The summed E-state index contributed by atoms with van der Waals surface area (Å²) in [5.74, 6) is -1.42. The summed E-state index contributed by atoms with van der Waals surface area (Å²) >= 11 is 0. The third-order valence-electron chi connectivity index (χ3n) is 6.88. The Balaban J connectivity index is 1.36. The second-order valence-corrected chi connectivity index (χ2v) is 9.27. The van der Waals surface area contributed by atoms with Gasteiger partial charge < -0.3 is 24.4 Å². The highest BCUT2D eigenvalue weighted by Crippen LogP contribution is 2.31. The molecule has 3 amide bonds. The van der Waals surface area contributed by atoms with Gasteiger partial charge in [0.1, 0.15) is 5.75 Å². The van der Waals surface area contributed by atoms with Crippen LogP contribution in [-0.4, -0.2) is 59.6 Å². The number of hydrogen-bond acceptors (Lipinski definition) is 3. The number of methoxy groups -OCH3 is 1. The van der Waals surface area contributed by atoms with E-state index in [1.165, 1.54) is 6.07 Å². The molecule has 1 saturated heterocycles. The topological polar surface area (TPSA) is 66.8 Å². The number of carbonyl (C=O) groups excluding carboxylic acids is 2. The average Bonchev–Trinajstić information content (AvgIpc) is 3.32. The van der Waals surface area contributed by atoms with Gasteiger partial charge in [-0.2, -0.15) is 0 Å². The first kappa shape index (κ1) is 26.0. The molecule has 7 nitrogen and oxygen atoms in total. The van der Waals surface area contributed by atoms with E-state index in [2.05, 4.69) is 9.88 Å². The molecule has 2 heterocycles. The molecule has 0 spiro atoms. The van der Waals surface area contributed by atoms with Crippen molar-refractivity contribution >= 4 is 17.6 Å². The molecule has 0 radical (unpaired) electrons. The molecule has 1 aliphatic rings. The van der Waals surface area contributed by atoms with E-state index in [0.29, 0.717) is 37.5 Å². The van der Waals surface area contributed by atoms with Crippen molar-refractivity contribution in [1.29, 1.82) is 0 Å². The highest BCUT2D eigenvalue weighted by Gasteiger charge is 2.28. The minimum Gasteiger partial charge on any atom is -0.497 e. The second-order valence-electron chi connectivity index (χ2n) is 9.27. The normalized spacial score (nSPS) is 13.3. The smallest absolute Gasteiger partial charge is 0.321 e. The zero-order valence-electron chi connectivity index (χ0n) is 21.7. The number of nitrogens with zero attached hydrogens (tertiary/aromatic N) is 3. The molecule has 0 saturated carbocycles. The van der Waals surface area contributed by atoms with Crippen LogP contribution in [0, 0.1) is 18.6 Å². The number of halogens is 2. The van der Waals surface area contributed by atoms with Crippen LogP contribution in [0.2, 0.25) is 0 Å². The first-order valence-corrected chi connectivity index (χ1v) is 12.6. The van der Waals surface area contributed by atoms with Crippen molar-refractivity contribution in [2.75, 3.05) is 38.6 Å². The monoisotopic (exact) mass is 530 g/mol. The van der Waals surface area contributed by atoms with E-state index >= 15 is 0 Å². The van der Waals surface area contributed by atoms with E-state index < -0.39 is 17.7 Å². The number of hydrogen-bond donors (Lipinski definition) is 1. The molecule has 0 aliphatic carbocycles. The lowest BCUT2D eigenvalue weighted by Gasteiger charge is -2.34. The molecule has 3 aromatic carbocycles. The molecule has 1 aliphatic heterocycles. The predicted molar refractivity (Wildman–Crippen MR) is 145 cm³/mol. The lowest BCUT2D eigenvalue weighted by molar-refractivity contribution is 0.0671. The summed E-state index contributed by atoms with van der Waals surface area (Å²) in [7, 11) is 1.62. The summed E-state index contributed by atoms with van der Waals surface area (Å²) in [5, 5.41) is 2.58. The highest BCUT2D eigenvalue weighted by atomic mass is 19.2. The van der Waals surface area contributed by atoms with Crippen molar-refractivity contribution in [2.24, 2.45) is 0 Å². The van der Waals surface area contributed by atoms with Gasteiger partial charge in [0.2, 0.25) is 0 Å². The van der Waals surface area contributed by atoms with Crippen LogP contribution in [0.4, 0.5) is 19.3 Å². The van der Waals surface area contributed by atoms with Gasteiger partial charge in [0.05, 0.1) is 18.4 Å². The molecule has 1 aromatic heterocycles. The number of rotatable bonds is 5. The molecule has 0 unspecified atom stereocenters. The number of ether oxygens (including phenoxy) is 1. The minimum atomic E-state index is -1.03. The summed E-state index contributed by atoms with van der Waals surface area (Å²) in [6.07, 6.45) is 0. The van der Waals surface area contributed by atoms with Crippen molar-refractivity contribution in [1.82, 2.24) is 14.4 Å². The summed E-state index contributed by atoms with van der Waals surface area (Å²) in [6, 6.07) is 22.2. The average molecular weight is 531 g/mol. The lowest BCUT2D eigenvalue weighted by Crippen LogP contribution is -2.51. The van der Waals surface area contributed by atoms with Crippen molar-refractivity contribution in [3.05, 3.63) is 102 Å². The van der Waals surface area contributed by atoms with Gasteiger partial charge in [0, 0.05) is 55.4 Å². The number of nitrogens with one attached hydrogen (secondary N) is 1. The quantitative estimate of drug-likeness (QED) is 0.359. The maximum atomic E-state index is 13.7. The zero-order valence-corrected chi connectivity index (χ0v) is 21.7. The molecule has 1 N–H and O–H groups in total. The van der Waals surface area contributed by atoms with E-state index in [-0.39, 0.29) is 11.6 Å². The highest BCUT2D eigenvalue weighted by molar-refractivity contribution is 5.97. The third-order valence-corrected chi connectivity index (χ3v) is 6.88. The maximum Gasteiger partial charge on any atom is 0.321 e. The fraction of sp³-hybridized carbons (Fsp3) is 0.200. The number of anilines is 1. The Morgan fingerprint density at radius 1 is 0.821 bits per heavy atom. The van der Waals surface area contributed by atoms with Gasteiger partial charge >= 0.3 is 6.03 Å². The Hall–Kier alpha value is -4.66. The fourth-order valence-electron chi connectivity index (χ4n) is 4.79. The SMILES string of the molecule is COc1cccc(-n2c(-c3ccccc3)cc(C(=O)N3CCN(C(=O)Nc4ccc(F)c(F)c4)CC3)c2C)c1. The third kappa shape index (κ3) is 5.34. The Morgan fingerprint density at radius 2 is 1.54 bits per heavy atom. The second kappa shape index (κ2) is 11.0. The van der Waals surface area contributed by atoms with Gasteiger partial charge in [-0.3, -0.25) is 4.79 Å². The van der Waals surface area contributed by atoms with Crippen LogP contribution in [0.25, 0.3) is 16.9 Å². The molecule has 39 heavy (non-hydrogen) atoms. The first-order chi connectivity index (χ1) is 18.9. The molecule has 0 bridgehead atoms. The van der Waals surface area contributed by atoms with Gasteiger partial charge in [-0.1, -0.05) is 36.4 Å². The van der Waals surface area contributed by atoms with Gasteiger partial charge in [-0.15, -0.1) is 0 Å². The number of benzene rings is 3. The van der Waals surface area contributed by atoms with Crippen molar-refractivity contribution in [3.8, 4) is 22.7 Å². The Kier molecular flexibility index (Phi) is 7.31. The van der Waals surface area contributed by atoms with Crippen LogP contribution in [0.3, 0.4) is 0 Å². The maximum absolute atomic E-state index is 13.7. The summed E-state index contributed by atoms with van der Waals surface area (Å²) in [5.41, 5.74) is 4.28. The molecular formula is C30H28F2N4O3. The van der Waals surface area contributed by atoms with Gasteiger partial charge in [0.25, 0.3) is 5.91 Å². The Morgan fingerprint density at radius 3 is 2.23 bits per heavy atom. The predicted octanol–water partition coefficient (Wildman–Crippen LogP) is 5.73. The van der Waals surface area contributed by atoms with Crippen molar-refractivity contribution in [3.63, 3.8) is 0 Å². The summed E-state index contributed by atoms with van der Waals surface area (Å²) < 4.78 is 34.2. The van der Waals surface area contributed by atoms with Gasteiger partial charge in [-0.05, 0) is 42.8 Å². The lowest BCUT2D eigenvalue weighted by atomic mass is 10.1. The van der Waals surface area contributed by atoms with Gasteiger partial charge in [0.15, 0.2) is 11.6 Å². The minimum absolute atomic E-state index is 0.119. The molecule has 200 valence electrons. The number of aromatic nitrogens is 1. The number of piperazine rings is 1. The van der Waals surface area contributed by atoms with E-state index in [1.807, 2.05) is 67.6 Å². The van der Waals surface area contributed by atoms with Crippen LogP contribution < -0.4 is 10.1 Å². The molecule has 9 heteroatoms. The van der Waals surface area contributed by atoms with E-state index in [0.717, 1.165) is 34.8 Å². The van der Waals surface area contributed by atoms with Crippen LogP contribution in [0.5, 0.6) is 5.75 Å². The standard InChI is InChI=1S/C30H28F2N4O3/c1-20-25(19-28(21-7-4-3-5-8-21)36(20)23-9-6-10-24(18-23)39-2)29(37)34-13-15-35(16-14-34)30(38)33-22-11-12-26(31)27(32)17-22/h3-12,17-19H,13-16H2,1-2H3,(H,33,38). The van der Waals surface area contributed by atoms with Crippen LogP contribution >= 0.6 is 0 Å². The summed E-state index contributed by atoms with van der Waals surface area (Å²) in [6.45, 7) is 3.22. The Bertz CT molecular complexity index is 1510. The number of carbonyl (C=O) groups is 2. The zero-order chi connectivity index (χ0) is 27.5. The molecule has 1 fully saturated rings. The number of amides is 3. The number of urea groups is 1. The molecule has 4 aromatic rings. The van der Waals surface area contributed by atoms with Gasteiger partial charge in [-0.25, -0.2) is 13.6 Å². The molecular weight excluding hydrogens is 502 g/mol.